The Hall–Kier alpha value is -5.62. The lowest BCUT2D eigenvalue weighted by Crippen LogP contribution is -2.26. The number of sulfonamides is 1. The van der Waals surface area contributed by atoms with Crippen molar-refractivity contribution in [1.82, 2.24) is 19.1 Å². The van der Waals surface area contributed by atoms with E-state index < -0.39 is 44.6 Å². The van der Waals surface area contributed by atoms with Gasteiger partial charge in [-0.3, -0.25) is 23.0 Å². The topological polar surface area (TPSA) is 200 Å². The number of aliphatic hydroxyl groups is 2. The number of aryl methyl sites for hydroxylation is 2. The number of aromatic nitrogens is 4. The number of ketones is 2. The molecule has 0 spiro atoms. The number of benzene rings is 4. The van der Waals surface area contributed by atoms with Crippen molar-refractivity contribution >= 4 is 59.2 Å². The number of hydrogen-bond donors (Lipinski definition) is 2. The molecular weight excluding hydrogens is 727 g/mol. The first-order valence-corrected chi connectivity index (χ1v) is 18.9. The van der Waals surface area contributed by atoms with E-state index in [1.165, 1.54) is 75.9 Å². The number of carbonyl (C=O) groups is 2. The van der Waals surface area contributed by atoms with E-state index in [0.717, 1.165) is 15.3 Å². The van der Waals surface area contributed by atoms with Crippen molar-refractivity contribution in [2.24, 2.45) is 14.1 Å². The summed E-state index contributed by atoms with van der Waals surface area (Å²) >= 11 is 0. The van der Waals surface area contributed by atoms with Gasteiger partial charge in [-0.2, -0.15) is 9.97 Å². The number of hydrogen-bond acceptors (Lipinski definition) is 12. The van der Waals surface area contributed by atoms with Crippen molar-refractivity contribution in [3.8, 4) is 12.0 Å². The van der Waals surface area contributed by atoms with E-state index in [4.69, 9.17) is 19.7 Å². The van der Waals surface area contributed by atoms with Crippen molar-refractivity contribution in [2.75, 3.05) is 38.8 Å². The number of aliphatic hydroxyl groups excluding tert-OH is 2. The molecule has 0 atom stereocenters. The molecule has 0 saturated carbocycles. The molecule has 2 heterocycles. The van der Waals surface area contributed by atoms with Crippen LogP contribution in [0, 0.1) is 0 Å². The molecular formula is C36H37N5O10S2. The third-order valence-electron chi connectivity index (χ3n) is 8.48. The molecule has 0 unspecified atom stereocenters. The van der Waals surface area contributed by atoms with Crippen LogP contribution in [-0.4, -0.2) is 92.2 Å². The third kappa shape index (κ3) is 7.92. The highest BCUT2D eigenvalue weighted by atomic mass is 32.2. The highest BCUT2D eigenvalue weighted by Crippen LogP contribution is 2.28. The van der Waals surface area contributed by atoms with Gasteiger partial charge in [0.1, 0.15) is 13.2 Å². The summed E-state index contributed by atoms with van der Waals surface area (Å²) in [7, 11) is 0.603. The zero-order chi connectivity index (χ0) is 38.7. The average Bonchev–Trinajstić information content (AvgIpc) is 3.68. The second kappa shape index (κ2) is 15.5. The second-order valence-corrected chi connectivity index (χ2v) is 15.7. The molecule has 17 heteroatoms. The lowest BCUT2D eigenvalue weighted by molar-refractivity contribution is 0.0898. The van der Waals surface area contributed by atoms with Crippen LogP contribution in [0.3, 0.4) is 0 Å². The largest absolute Gasteiger partial charge is 0.468 e. The Morgan fingerprint density at radius 3 is 1.57 bits per heavy atom. The summed E-state index contributed by atoms with van der Waals surface area (Å²) < 4.78 is 66.2. The average molecular weight is 764 g/mol. The maximum atomic E-state index is 13.0. The molecule has 0 radical (unpaired) electrons. The van der Waals surface area contributed by atoms with Crippen LogP contribution in [0.15, 0.2) is 94.7 Å². The number of ether oxygens (including phenoxy) is 2. The molecule has 0 amide bonds. The van der Waals surface area contributed by atoms with Crippen molar-refractivity contribution in [1.29, 1.82) is 0 Å². The summed E-state index contributed by atoms with van der Waals surface area (Å²) in [5.74, 6) is -1.04. The zero-order valence-corrected chi connectivity index (χ0v) is 31.1. The molecule has 0 saturated heterocycles. The Morgan fingerprint density at radius 2 is 1.11 bits per heavy atom. The van der Waals surface area contributed by atoms with E-state index in [2.05, 4.69) is 9.97 Å². The van der Waals surface area contributed by atoms with Gasteiger partial charge in [0.25, 0.3) is 22.0 Å². The molecule has 0 bridgehead atoms. The summed E-state index contributed by atoms with van der Waals surface area (Å²) in [6.07, 6.45) is 0. The van der Waals surface area contributed by atoms with Crippen LogP contribution in [0.4, 0.5) is 5.69 Å². The molecule has 4 aromatic carbocycles. The maximum absolute atomic E-state index is 13.0. The van der Waals surface area contributed by atoms with Crippen LogP contribution in [-0.2, 0) is 39.7 Å². The maximum Gasteiger partial charge on any atom is 0.296 e. The molecule has 278 valence electrons. The standard InChI is InChI=1S/C18H19N3O5S.C18H18N2O5S/c1-20-16-9-8-14(10-15(16)19-18(20)26-3)27(24,25)21(2)13-6-4-12(5-7-13)17(23)11-22;1-20-16-8-7-14(9-15(16)19-18(20)25-2)26(23,24)11-12-3-5-13(6-4-12)17(22)10-21/h4-10,22H,11H2,1-3H3;3-9,21H,10-11H2,1-2H3. The molecule has 2 N–H and O–H groups in total. The lowest BCUT2D eigenvalue weighted by atomic mass is 10.1. The van der Waals surface area contributed by atoms with Gasteiger partial charge in [0.05, 0.1) is 57.5 Å². The molecule has 6 rings (SSSR count). The Bertz CT molecular complexity index is 2530. The van der Waals surface area contributed by atoms with Crippen molar-refractivity contribution in [3.05, 3.63) is 102 Å². The summed E-state index contributed by atoms with van der Waals surface area (Å²) in [6.45, 7) is -1.17. The molecule has 6 aromatic rings. The number of methoxy groups -OCH3 is 2. The van der Waals surface area contributed by atoms with E-state index in [1.54, 1.807) is 53.6 Å². The fraction of sp³-hybridized carbons (Fsp3) is 0.222. The molecule has 0 fully saturated rings. The number of sulfone groups is 1. The van der Waals surface area contributed by atoms with Gasteiger partial charge in [-0.05, 0) is 66.2 Å². The van der Waals surface area contributed by atoms with Gasteiger partial charge in [-0.25, -0.2) is 16.8 Å². The number of anilines is 1. The number of imidazole rings is 2. The minimum absolute atomic E-state index is 0.0914. The number of nitrogens with zero attached hydrogens (tertiary/aromatic N) is 5. The molecule has 0 aliphatic rings. The monoisotopic (exact) mass is 763 g/mol. The predicted molar refractivity (Wildman–Crippen MR) is 197 cm³/mol. The van der Waals surface area contributed by atoms with Gasteiger partial charge in [-0.1, -0.05) is 24.3 Å². The van der Waals surface area contributed by atoms with Gasteiger partial charge >= 0.3 is 0 Å². The van der Waals surface area contributed by atoms with Crippen LogP contribution in [0.1, 0.15) is 26.3 Å². The minimum Gasteiger partial charge on any atom is -0.468 e. The smallest absolute Gasteiger partial charge is 0.296 e. The molecule has 2 aromatic heterocycles. The first-order valence-electron chi connectivity index (χ1n) is 15.8. The van der Waals surface area contributed by atoms with Crippen LogP contribution in [0.5, 0.6) is 12.0 Å². The van der Waals surface area contributed by atoms with Crippen LogP contribution in [0.2, 0.25) is 0 Å². The number of fused-ring (bicyclic) bond motifs is 2. The van der Waals surface area contributed by atoms with Crippen molar-refractivity contribution in [2.45, 2.75) is 15.5 Å². The van der Waals surface area contributed by atoms with Crippen LogP contribution >= 0.6 is 0 Å². The van der Waals surface area contributed by atoms with E-state index in [1.807, 2.05) is 0 Å². The van der Waals surface area contributed by atoms with Crippen LogP contribution < -0.4 is 13.8 Å². The Morgan fingerprint density at radius 1 is 0.679 bits per heavy atom. The number of carbonyl (C=O) groups excluding carboxylic acids is 2. The van der Waals surface area contributed by atoms with Gasteiger partial charge < -0.3 is 19.7 Å². The SMILES string of the molecule is COc1nc2cc(S(=O)(=O)Cc3ccc(C(=O)CO)cc3)ccc2n1C.COc1nc2cc(S(=O)(=O)N(C)c3ccc(C(=O)CO)cc3)ccc2n1C. The van der Waals surface area contributed by atoms with Gasteiger partial charge in [-0.15, -0.1) is 0 Å². The van der Waals surface area contributed by atoms with Crippen molar-refractivity contribution in [3.63, 3.8) is 0 Å². The lowest BCUT2D eigenvalue weighted by Gasteiger charge is -2.19. The molecule has 0 aliphatic carbocycles. The summed E-state index contributed by atoms with van der Waals surface area (Å²) in [4.78, 5) is 31.7. The highest BCUT2D eigenvalue weighted by molar-refractivity contribution is 7.92. The zero-order valence-electron chi connectivity index (χ0n) is 29.4. The summed E-state index contributed by atoms with van der Waals surface area (Å²) in [6, 6.07) is 22.4. The Balaban J connectivity index is 0.000000204. The molecule has 0 aliphatic heterocycles. The van der Waals surface area contributed by atoms with E-state index in [9.17, 15) is 26.4 Å². The first-order chi connectivity index (χ1) is 25.1. The second-order valence-electron chi connectivity index (χ2n) is 11.8. The fourth-order valence-electron chi connectivity index (χ4n) is 5.46. The summed E-state index contributed by atoms with van der Waals surface area (Å²) in [5.41, 5.74) is 4.17. The Kier molecular flexibility index (Phi) is 11.3. The number of Topliss-reactive ketones (excluding diaryl/α,β-unsaturated/α-hetero) is 2. The quantitative estimate of drug-likeness (QED) is 0.173. The van der Waals surface area contributed by atoms with Crippen molar-refractivity contribution < 1.29 is 46.1 Å². The highest BCUT2D eigenvalue weighted by Gasteiger charge is 2.23. The van der Waals surface area contributed by atoms with Gasteiger partial charge in [0.15, 0.2) is 21.4 Å². The fourth-order valence-corrected chi connectivity index (χ4v) is 8.04. The van der Waals surface area contributed by atoms with Crippen LogP contribution in [0.25, 0.3) is 22.1 Å². The molecule has 15 nitrogen and oxygen atoms in total. The summed E-state index contributed by atoms with van der Waals surface area (Å²) in [5, 5.41) is 17.8. The predicted octanol–water partition coefficient (Wildman–Crippen LogP) is 3.31. The first kappa shape index (κ1) is 38.6. The Labute approximate surface area is 305 Å². The normalized spacial score (nSPS) is 11.6. The van der Waals surface area contributed by atoms with E-state index in [0.29, 0.717) is 45.4 Å². The minimum atomic E-state index is -3.82. The van der Waals surface area contributed by atoms with E-state index >= 15 is 0 Å². The van der Waals surface area contributed by atoms with E-state index in [-0.39, 0.29) is 15.5 Å². The third-order valence-corrected chi connectivity index (χ3v) is 11.9. The number of rotatable bonds is 12. The molecule has 53 heavy (non-hydrogen) atoms. The van der Waals surface area contributed by atoms with Gasteiger partial charge in [0, 0.05) is 32.3 Å². The van der Waals surface area contributed by atoms with Gasteiger partial charge in [0.2, 0.25) is 0 Å².